The zero-order valence-electron chi connectivity index (χ0n) is 16.1. The summed E-state index contributed by atoms with van der Waals surface area (Å²) < 4.78 is 13.7. The first-order valence-corrected chi connectivity index (χ1v) is 9.83. The van der Waals surface area contributed by atoms with Crippen LogP contribution in [0.15, 0.2) is 48.5 Å². The largest absolute Gasteiger partial charge is 0.323 e. The minimum Gasteiger partial charge on any atom is -0.323 e. The number of hydrogen-bond donors (Lipinski definition) is 1. The molecule has 0 radical (unpaired) electrons. The molecule has 2 aliphatic rings. The first-order chi connectivity index (χ1) is 13.9. The summed E-state index contributed by atoms with van der Waals surface area (Å²) in [6, 6.07) is 12.8. The molecule has 152 valence electrons. The van der Waals surface area contributed by atoms with Crippen molar-refractivity contribution in [3.8, 4) is 0 Å². The second kappa shape index (κ2) is 7.65. The topological polar surface area (TPSA) is 55.9 Å². The minimum atomic E-state index is -0.376. The standard InChI is InChI=1S/C21H22ClFN4O2/c1-25-12-19(28)27(18-4-2-3-16(23)11-18)14-21(25)9-10-26(13-21)20(29)24-17-7-5-15(22)6-8-17/h2-8,11H,9-10,12-14H2,1H3,(H,24,29)/t21-/m0/s1. The molecular formula is C21H22ClFN4O2. The maximum atomic E-state index is 13.7. The van der Waals surface area contributed by atoms with Crippen molar-refractivity contribution in [2.45, 2.75) is 12.0 Å². The highest BCUT2D eigenvalue weighted by atomic mass is 35.5. The Morgan fingerprint density at radius 2 is 1.93 bits per heavy atom. The summed E-state index contributed by atoms with van der Waals surface area (Å²) in [5.41, 5.74) is 0.859. The number of nitrogens with one attached hydrogen (secondary N) is 1. The van der Waals surface area contributed by atoms with Crippen molar-refractivity contribution in [2.24, 2.45) is 0 Å². The van der Waals surface area contributed by atoms with Crippen LogP contribution in [0, 0.1) is 5.82 Å². The summed E-state index contributed by atoms with van der Waals surface area (Å²) in [7, 11) is 1.90. The van der Waals surface area contributed by atoms with Crippen LogP contribution in [0.4, 0.5) is 20.6 Å². The van der Waals surface area contributed by atoms with Gasteiger partial charge in [0.05, 0.1) is 12.1 Å². The number of nitrogens with zero attached hydrogens (tertiary/aromatic N) is 3. The Labute approximate surface area is 173 Å². The quantitative estimate of drug-likeness (QED) is 0.816. The summed E-state index contributed by atoms with van der Waals surface area (Å²) in [6.07, 6.45) is 0.733. The number of carbonyl (C=O) groups excluding carboxylic acids is 2. The third kappa shape index (κ3) is 3.93. The zero-order valence-corrected chi connectivity index (χ0v) is 16.8. The van der Waals surface area contributed by atoms with Gasteiger partial charge >= 0.3 is 6.03 Å². The van der Waals surface area contributed by atoms with Crippen LogP contribution in [0.3, 0.4) is 0 Å². The number of halogens is 2. The molecule has 0 bridgehead atoms. The van der Waals surface area contributed by atoms with Crippen molar-refractivity contribution in [1.82, 2.24) is 9.80 Å². The maximum absolute atomic E-state index is 13.7. The van der Waals surface area contributed by atoms with E-state index in [4.69, 9.17) is 11.6 Å². The first-order valence-electron chi connectivity index (χ1n) is 9.45. The fraction of sp³-hybridized carbons (Fsp3) is 0.333. The lowest BCUT2D eigenvalue weighted by atomic mass is 9.92. The van der Waals surface area contributed by atoms with Gasteiger partial charge in [0, 0.05) is 36.0 Å². The molecular weight excluding hydrogens is 395 g/mol. The monoisotopic (exact) mass is 416 g/mol. The van der Waals surface area contributed by atoms with Gasteiger partial charge in [0.1, 0.15) is 5.82 Å². The number of anilines is 2. The normalized spacial score (nSPS) is 22.4. The first kappa shape index (κ1) is 19.7. The van der Waals surface area contributed by atoms with Crippen molar-refractivity contribution in [3.05, 3.63) is 59.4 Å². The van der Waals surface area contributed by atoms with E-state index < -0.39 is 0 Å². The SMILES string of the molecule is CN1CC(=O)N(c2cccc(F)c2)C[C@@]12CCN(C(=O)Nc1ccc(Cl)cc1)C2. The van der Waals surface area contributed by atoms with Crippen molar-refractivity contribution >= 4 is 34.9 Å². The number of piperazine rings is 1. The van der Waals surface area contributed by atoms with Gasteiger partial charge < -0.3 is 15.1 Å². The molecule has 2 aromatic carbocycles. The molecule has 2 aromatic rings. The smallest absolute Gasteiger partial charge is 0.321 e. The van der Waals surface area contributed by atoms with E-state index in [1.165, 1.54) is 12.1 Å². The summed E-state index contributed by atoms with van der Waals surface area (Å²) in [6.45, 7) is 1.70. The summed E-state index contributed by atoms with van der Waals surface area (Å²) >= 11 is 5.89. The number of urea groups is 1. The zero-order chi connectivity index (χ0) is 20.6. The van der Waals surface area contributed by atoms with Gasteiger partial charge in [-0.25, -0.2) is 9.18 Å². The van der Waals surface area contributed by atoms with E-state index in [1.807, 2.05) is 11.9 Å². The highest BCUT2D eigenvalue weighted by Crippen LogP contribution is 2.33. The number of hydrogen-bond acceptors (Lipinski definition) is 3. The number of likely N-dealkylation sites (N-methyl/N-ethyl adjacent to an activating group) is 1. The van der Waals surface area contributed by atoms with Crippen LogP contribution in [0.5, 0.6) is 0 Å². The van der Waals surface area contributed by atoms with Gasteiger partial charge in [0.25, 0.3) is 0 Å². The van der Waals surface area contributed by atoms with E-state index in [9.17, 15) is 14.0 Å². The number of benzene rings is 2. The molecule has 0 unspecified atom stereocenters. The van der Waals surface area contributed by atoms with Crippen LogP contribution in [0.1, 0.15) is 6.42 Å². The highest BCUT2D eigenvalue weighted by molar-refractivity contribution is 6.30. The number of amides is 3. The molecule has 2 heterocycles. The lowest BCUT2D eigenvalue weighted by molar-refractivity contribution is -0.123. The Kier molecular flexibility index (Phi) is 5.19. The van der Waals surface area contributed by atoms with Crippen LogP contribution in [-0.2, 0) is 4.79 Å². The number of rotatable bonds is 2. The van der Waals surface area contributed by atoms with Gasteiger partial charge in [0.2, 0.25) is 5.91 Å². The predicted molar refractivity (Wildman–Crippen MR) is 111 cm³/mol. The average Bonchev–Trinajstić information content (AvgIpc) is 3.12. The maximum Gasteiger partial charge on any atom is 0.321 e. The van der Waals surface area contributed by atoms with Gasteiger partial charge in [-0.1, -0.05) is 17.7 Å². The van der Waals surface area contributed by atoms with Crippen molar-refractivity contribution in [1.29, 1.82) is 0 Å². The molecule has 8 heteroatoms. The van der Waals surface area contributed by atoms with Crippen LogP contribution >= 0.6 is 11.6 Å². The molecule has 1 N–H and O–H groups in total. The van der Waals surface area contributed by atoms with Gasteiger partial charge in [-0.3, -0.25) is 9.69 Å². The minimum absolute atomic E-state index is 0.0761. The summed E-state index contributed by atoms with van der Waals surface area (Å²) in [5, 5.41) is 3.49. The molecule has 1 atom stereocenters. The van der Waals surface area contributed by atoms with Crippen molar-refractivity contribution in [3.63, 3.8) is 0 Å². The molecule has 0 aliphatic carbocycles. The van der Waals surface area contributed by atoms with Gasteiger partial charge in [-0.15, -0.1) is 0 Å². The molecule has 0 saturated carbocycles. The third-order valence-electron chi connectivity index (χ3n) is 5.77. The van der Waals surface area contributed by atoms with Crippen LogP contribution in [-0.4, -0.2) is 60.5 Å². The van der Waals surface area contributed by atoms with E-state index in [-0.39, 0.29) is 29.8 Å². The molecule has 4 rings (SSSR count). The molecule has 2 fully saturated rings. The van der Waals surface area contributed by atoms with E-state index in [0.717, 1.165) is 6.42 Å². The third-order valence-corrected chi connectivity index (χ3v) is 6.02. The van der Waals surface area contributed by atoms with Gasteiger partial charge in [0.15, 0.2) is 0 Å². The number of likely N-dealkylation sites (tertiary alicyclic amines) is 1. The van der Waals surface area contributed by atoms with Crippen LogP contribution in [0.2, 0.25) is 5.02 Å². The second-order valence-corrected chi connectivity index (χ2v) is 8.09. The fourth-order valence-corrected chi connectivity index (χ4v) is 4.17. The Hall–Kier alpha value is -2.64. The average molecular weight is 417 g/mol. The second-order valence-electron chi connectivity index (χ2n) is 7.65. The molecule has 6 nitrogen and oxygen atoms in total. The Bertz CT molecular complexity index is 939. The van der Waals surface area contributed by atoms with Crippen molar-refractivity contribution in [2.75, 3.05) is 43.4 Å². The van der Waals surface area contributed by atoms with E-state index in [2.05, 4.69) is 5.32 Å². The molecule has 2 aliphatic heterocycles. The molecule has 2 saturated heterocycles. The Morgan fingerprint density at radius 1 is 1.17 bits per heavy atom. The lowest BCUT2D eigenvalue weighted by Gasteiger charge is -2.46. The van der Waals surface area contributed by atoms with Gasteiger partial charge in [-0.05, 0) is 55.9 Å². The van der Waals surface area contributed by atoms with Crippen molar-refractivity contribution < 1.29 is 14.0 Å². The molecule has 0 aromatic heterocycles. The van der Waals surface area contributed by atoms with E-state index in [0.29, 0.717) is 36.0 Å². The molecule has 3 amide bonds. The van der Waals surface area contributed by atoms with Crippen LogP contribution < -0.4 is 10.2 Å². The Balaban J connectivity index is 1.49. The van der Waals surface area contributed by atoms with Gasteiger partial charge in [-0.2, -0.15) is 0 Å². The molecule has 1 spiro atoms. The summed E-state index contributed by atoms with van der Waals surface area (Å²) in [4.78, 5) is 30.7. The predicted octanol–water partition coefficient (Wildman–Crippen LogP) is 3.43. The molecule has 29 heavy (non-hydrogen) atoms. The Morgan fingerprint density at radius 3 is 2.66 bits per heavy atom. The number of carbonyl (C=O) groups is 2. The fourth-order valence-electron chi connectivity index (χ4n) is 4.04. The highest BCUT2D eigenvalue weighted by Gasteiger charge is 2.48. The summed E-state index contributed by atoms with van der Waals surface area (Å²) in [5.74, 6) is -0.452. The lowest BCUT2D eigenvalue weighted by Crippen LogP contribution is -2.64. The van der Waals surface area contributed by atoms with Crippen LogP contribution in [0.25, 0.3) is 0 Å². The van der Waals surface area contributed by atoms with E-state index >= 15 is 0 Å². The van der Waals surface area contributed by atoms with E-state index in [1.54, 1.807) is 46.2 Å².